The highest BCUT2D eigenvalue weighted by molar-refractivity contribution is 5.92. The second-order valence-electron chi connectivity index (χ2n) is 9.43. The lowest BCUT2D eigenvalue weighted by atomic mass is 9.73. The normalized spacial score (nSPS) is 23.4. The number of nitro benzene ring substituents is 2. The Morgan fingerprint density at radius 3 is 2.51 bits per heavy atom. The molecule has 0 radical (unpaired) electrons. The number of phenols is 1. The van der Waals surface area contributed by atoms with Crippen molar-refractivity contribution in [3.8, 4) is 5.75 Å². The molecule has 37 heavy (non-hydrogen) atoms. The van der Waals surface area contributed by atoms with Crippen LogP contribution in [0.2, 0.25) is 0 Å². The summed E-state index contributed by atoms with van der Waals surface area (Å²) in [6.07, 6.45) is 4.45. The van der Waals surface area contributed by atoms with Gasteiger partial charge in [-0.1, -0.05) is 6.08 Å². The van der Waals surface area contributed by atoms with Gasteiger partial charge in [-0.2, -0.15) is 0 Å². The van der Waals surface area contributed by atoms with E-state index in [1.165, 1.54) is 6.07 Å². The number of esters is 1. The molecule has 0 spiro atoms. The second-order valence-corrected chi connectivity index (χ2v) is 9.43. The zero-order valence-corrected chi connectivity index (χ0v) is 19.7. The summed E-state index contributed by atoms with van der Waals surface area (Å²) < 4.78 is 6.04. The molecule has 3 aromatic rings. The molecule has 11 nitrogen and oxygen atoms in total. The number of aromatic hydroxyl groups is 1. The number of phenolic OH excluding ortho intramolecular Hbond substituents is 1. The van der Waals surface area contributed by atoms with Crippen LogP contribution in [0.3, 0.4) is 0 Å². The molecular weight excluding hydrogens is 480 g/mol. The average Bonchev–Trinajstić information content (AvgIpc) is 2.91. The van der Waals surface area contributed by atoms with Gasteiger partial charge in [-0.05, 0) is 55.5 Å². The summed E-state index contributed by atoms with van der Waals surface area (Å²) >= 11 is 0. The molecule has 5 atom stereocenters. The lowest BCUT2D eigenvalue weighted by Crippen LogP contribution is -2.55. The summed E-state index contributed by atoms with van der Waals surface area (Å²) in [5, 5.41) is 33.5. The van der Waals surface area contributed by atoms with Crippen molar-refractivity contribution in [3.63, 3.8) is 0 Å². The van der Waals surface area contributed by atoms with Gasteiger partial charge in [0.2, 0.25) is 0 Å². The zero-order valence-electron chi connectivity index (χ0n) is 19.7. The van der Waals surface area contributed by atoms with E-state index >= 15 is 0 Å². The van der Waals surface area contributed by atoms with Crippen LogP contribution < -0.4 is 0 Å². The smallest absolute Gasteiger partial charge is 0.339 e. The molecule has 3 aliphatic heterocycles. The Morgan fingerprint density at radius 1 is 1.16 bits per heavy atom. The van der Waals surface area contributed by atoms with Crippen molar-refractivity contribution >= 4 is 28.2 Å². The highest BCUT2D eigenvalue weighted by Crippen LogP contribution is 2.44. The molecule has 1 N–H and O–H groups in total. The topological polar surface area (TPSA) is 149 Å². The highest BCUT2D eigenvalue weighted by Gasteiger charge is 2.44. The largest absolute Gasteiger partial charge is 0.508 e. The van der Waals surface area contributed by atoms with Crippen molar-refractivity contribution < 1.29 is 24.5 Å². The zero-order chi connectivity index (χ0) is 26.3. The van der Waals surface area contributed by atoms with Crippen LogP contribution in [0.25, 0.3) is 10.9 Å². The maximum Gasteiger partial charge on any atom is 0.339 e. The van der Waals surface area contributed by atoms with Gasteiger partial charge in [0.15, 0.2) is 0 Å². The SMILES string of the molecule is C=CC1CN2CCC1CC2[C@@H](OC(=O)c1cc([N+](=O)[O-])cc([N+](=O)[O-])c1)c1ccnc2ccc(O)cc12. The summed E-state index contributed by atoms with van der Waals surface area (Å²) in [7, 11) is 0. The summed E-state index contributed by atoms with van der Waals surface area (Å²) in [4.78, 5) is 41.1. The van der Waals surface area contributed by atoms with Crippen LogP contribution in [0.4, 0.5) is 11.4 Å². The molecular formula is C26H24N4O7. The molecule has 0 aliphatic carbocycles. The Bertz CT molecular complexity index is 1390. The van der Waals surface area contributed by atoms with Gasteiger partial charge in [0.1, 0.15) is 11.9 Å². The molecule has 3 aliphatic rings. The molecule has 2 aromatic carbocycles. The van der Waals surface area contributed by atoms with Crippen LogP contribution in [-0.4, -0.2) is 49.9 Å². The molecule has 3 fully saturated rings. The third kappa shape index (κ3) is 4.60. The number of hydrogen-bond acceptors (Lipinski definition) is 9. The van der Waals surface area contributed by atoms with Crippen molar-refractivity contribution in [2.45, 2.75) is 25.0 Å². The van der Waals surface area contributed by atoms with Crippen LogP contribution >= 0.6 is 0 Å². The lowest BCUT2D eigenvalue weighted by Gasteiger charge is -2.51. The molecule has 1 aromatic heterocycles. The maximum atomic E-state index is 13.4. The van der Waals surface area contributed by atoms with Crippen molar-refractivity contribution in [2.75, 3.05) is 13.1 Å². The number of piperidine rings is 3. The van der Waals surface area contributed by atoms with Crippen molar-refractivity contribution in [3.05, 3.63) is 92.7 Å². The van der Waals surface area contributed by atoms with E-state index in [9.17, 15) is 30.1 Å². The number of nitro groups is 2. The first-order valence-electron chi connectivity index (χ1n) is 11.8. The molecule has 4 unspecified atom stereocenters. The monoisotopic (exact) mass is 504 g/mol. The first-order valence-corrected chi connectivity index (χ1v) is 11.8. The molecule has 3 saturated heterocycles. The van der Waals surface area contributed by atoms with E-state index in [4.69, 9.17) is 4.74 Å². The predicted molar refractivity (Wildman–Crippen MR) is 133 cm³/mol. The van der Waals surface area contributed by atoms with Gasteiger partial charge in [-0.25, -0.2) is 4.79 Å². The minimum atomic E-state index is -0.912. The molecule has 2 bridgehead atoms. The fourth-order valence-electron chi connectivity index (χ4n) is 5.55. The number of carbonyl (C=O) groups is 1. The second kappa shape index (κ2) is 9.58. The molecule has 6 rings (SSSR count). The predicted octanol–water partition coefficient (Wildman–Crippen LogP) is 4.55. The Hall–Kier alpha value is -4.38. The van der Waals surface area contributed by atoms with Crippen LogP contribution in [0.15, 0.2) is 61.3 Å². The molecule has 190 valence electrons. The molecule has 0 saturated carbocycles. The number of hydrogen-bond donors (Lipinski definition) is 1. The summed E-state index contributed by atoms with van der Waals surface area (Å²) in [6.45, 7) is 5.52. The first kappa shape index (κ1) is 24.3. The Balaban J connectivity index is 1.58. The van der Waals surface area contributed by atoms with Gasteiger partial charge >= 0.3 is 5.97 Å². The highest BCUT2D eigenvalue weighted by atomic mass is 16.6. The van der Waals surface area contributed by atoms with Gasteiger partial charge in [-0.3, -0.25) is 30.1 Å². The third-order valence-electron chi connectivity index (χ3n) is 7.36. The quantitative estimate of drug-likeness (QED) is 0.212. The third-order valence-corrected chi connectivity index (χ3v) is 7.36. The van der Waals surface area contributed by atoms with E-state index < -0.39 is 33.3 Å². The summed E-state index contributed by atoms with van der Waals surface area (Å²) in [5.74, 6) is -0.212. The number of benzene rings is 2. The Kier molecular flexibility index (Phi) is 6.30. The fourth-order valence-corrected chi connectivity index (χ4v) is 5.55. The fraction of sp³-hybridized carbons (Fsp3) is 0.308. The lowest BCUT2D eigenvalue weighted by molar-refractivity contribution is -0.394. The minimum Gasteiger partial charge on any atom is -0.508 e. The number of carbonyl (C=O) groups excluding carboxylic acids is 1. The van der Waals surface area contributed by atoms with Gasteiger partial charge < -0.3 is 9.84 Å². The van der Waals surface area contributed by atoms with Gasteiger partial charge in [0.25, 0.3) is 11.4 Å². The number of pyridine rings is 1. The van der Waals surface area contributed by atoms with Gasteiger partial charge in [0, 0.05) is 35.8 Å². The van der Waals surface area contributed by atoms with E-state index in [2.05, 4.69) is 16.5 Å². The van der Waals surface area contributed by atoms with Crippen molar-refractivity contribution in [2.24, 2.45) is 11.8 Å². The van der Waals surface area contributed by atoms with E-state index in [0.29, 0.717) is 28.3 Å². The standard InChI is InChI=1S/C26H24N4O7/c1-2-15-14-28-8-6-16(15)11-24(28)25(21-5-7-27-23-4-3-20(31)13-22(21)23)37-26(32)17-9-18(29(33)34)12-19(10-17)30(35)36/h2-5,7,9-10,12-13,15-16,24-25,31H,1,6,8,11,14H2/t15?,16?,24?,25-/m0/s1. The number of fused-ring (bicyclic) bond motifs is 4. The number of rotatable bonds is 7. The molecule has 4 heterocycles. The van der Waals surface area contributed by atoms with E-state index in [0.717, 1.165) is 44.1 Å². The average molecular weight is 504 g/mol. The molecule has 11 heteroatoms. The van der Waals surface area contributed by atoms with E-state index in [1.54, 1.807) is 24.4 Å². The Morgan fingerprint density at radius 2 is 1.89 bits per heavy atom. The number of ether oxygens (including phenoxy) is 1. The van der Waals surface area contributed by atoms with Crippen LogP contribution in [0, 0.1) is 32.1 Å². The summed E-state index contributed by atoms with van der Waals surface area (Å²) in [6, 6.07) is 9.01. The number of aromatic nitrogens is 1. The maximum absolute atomic E-state index is 13.4. The van der Waals surface area contributed by atoms with E-state index in [1.807, 2.05) is 6.08 Å². The first-order chi connectivity index (χ1) is 17.7. The molecule has 0 amide bonds. The minimum absolute atomic E-state index is 0.0262. The van der Waals surface area contributed by atoms with Crippen molar-refractivity contribution in [1.82, 2.24) is 9.88 Å². The van der Waals surface area contributed by atoms with Gasteiger partial charge in [0.05, 0.1) is 33.0 Å². The van der Waals surface area contributed by atoms with Gasteiger partial charge in [-0.15, -0.1) is 6.58 Å². The van der Waals surface area contributed by atoms with Crippen LogP contribution in [0.1, 0.15) is 34.9 Å². The Labute approximate surface area is 211 Å². The van der Waals surface area contributed by atoms with Crippen LogP contribution in [0.5, 0.6) is 5.75 Å². The summed E-state index contributed by atoms with van der Waals surface area (Å²) in [5.41, 5.74) is -0.214. The van der Waals surface area contributed by atoms with Crippen LogP contribution in [-0.2, 0) is 4.74 Å². The van der Waals surface area contributed by atoms with E-state index in [-0.39, 0.29) is 17.4 Å². The number of nitrogens with zero attached hydrogens (tertiary/aromatic N) is 4. The number of non-ortho nitro benzene ring substituents is 2. The van der Waals surface area contributed by atoms with Crippen molar-refractivity contribution in [1.29, 1.82) is 0 Å².